The molecule has 0 fully saturated rings. The summed E-state index contributed by atoms with van der Waals surface area (Å²) in [5, 5.41) is 4.38. The van der Waals surface area contributed by atoms with E-state index in [1.807, 2.05) is 26.0 Å². The Balaban J connectivity index is 1.82. The first-order chi connectivity index (χ1) is 12.1. The second-order valence-corrected chi connectivity index (χ2v) is 5.83. The molecule has 0 aliphatic heterocycles. The second-order valence-electron chi connectivity index (χ2n) is 5.40. The second kappa shape index (κ2) is 7.49. The number of ether oxygens (including phenoxy) is 2. The summed E-state index contributed by atoms with van der Waals surface area (Å²) in [6.07, 6.45) is 0. The predicted octanol–water partition coefficient (Wildman–Crippen LogP) is 4.87. The first-order valence-corrected chi connectivity index (χ1v) is 8.47. The van der Waals surface area contributed by atoms with Gasteiger partial charge in [-0.15, -0.1) is 0 Å². The normalized spacial score (nSPS) is 10.7. The zero-order valence-corrected chi connectivity index (χ0v) is 14.8. The number of amides is 1. The maximum Gasteiger partial charge on any atom is 0.272 e. The zero-order valence-electron chi connectivity index (χ0n) is 14.1. The number of carbonyl (C=O) groups is 1. The maximum atomic E-state index is 12.5. The van der Waals surface area contributed by atoms with Gasteiger partial charge in [0.25, 0.3) is 5.91 Å². The zero-order chi connectivity index (χ0) is 17.8. The van der Waals surface area contributed by atoms with Gasteiger partial charge in [0, 0.05) is 27.7 Å². The van der Waals surface area contributed by atoms with Gasteiger partial charge in [0.05, 0.1) is 13.2 Å². The fourth-order valence-electron chi connectivity index (χ4n) is 2.55. The van der Waals surface area contributed by atoms with Crippen LogP contribution in [-0.2, 0) is 0 Å². The Labute approximate surface area is 150 Å². The smallest absolute Gasteiger partial charge is 0.272 e. The van der Waals surface area contributed by atoms with Crippen LogP contribution in [0.4, 0.5) is 5.69 Å². The van der Waals surface area contributed by atoms with E-state index in [2.05, 4.69) is 10.3 Å². The van der Waals surface area contributed by atoms with E-state index in [1.54, 1.807) is 30.3 Å². The number of aromatic amines is 1. The van der Waals surface area contributed by atoms with Crippen LogP contribution in [0.5, 0.6) is 11.5 Å². The van der Waals surface area contributed by atoms with Gasteiger partial charge in [0.2, 0.25) is 0 Å². The van der Waals surface area contributed by atoms with Crippen LogP contribution < -0.4 is 14.8 Å². The van der Waals surface area contributed by atoms with Crippen molar-refractivity contribution in [3.63, 3.8) is 0 Å². The molecule has 1 amide bonds. The van der Waals surface area contributed by atoms with Crippen LogP contribution in [0.25, 0.3) is 10.9 Å². The van der Waals surface area contributed by atoms with Gasteiger partial charge in [0.1, 0.15) is 5.69 Å². The standard InChI is InChI=1S/C19H19ClN2O3/c1-3-24-17-8-6-14(11-18(17)25-4-2)21-19(23)16-10-12-9-13(20)5-7-15(12)22-16/h5-11,22H,3-4H2,1-2H3,(H,21,23). The highest BCUT2D eigenvalue weighted by molar-refractivity contribution is 6.31. The molecular formula is C19H19ClN2O3. The molecule has 25 heavy (non-hydrogen) atoms. The van der Waals surface area contributed by atoms with E-state index < -0.39 is 0 Å². The lowest BCUT2D eigenvalue weighted by Gasteiger charge is -2.12. The fourth-order valence-corrected chi connectivity index (χ4v) is 2.73. The number of rotatable bonds is 6. The average molecular weight is 359 g/mol. The summed E-state index contributed by atoms with van der Waals surface area (Å²) in [7, 11) is 0. The highest BCUT2D eigenvalue weighted by Gasteiger charge is 2.12. The number of aromatic nitrogens is 1. The third-order valence-electron chi connectivity index (χ3n) is 3.63. The Hall–Kier alpha value is -2.66. The minimum Gasteiger partial charge on any atom is -0.490 e. The molecule has 5 nitrogen and oxygen atoms in total. The van der Waals surface area contributed by atoms with Gasteiger partial charge in [0.15, 0.2) is 11.5 Å². The molecule has 0 spiro atoms. The van der Waals surface area contributed by atoms with Crippen molar-refractivity contribution >= 4 is 34.1 Å². The van der Waals surface area contributed by atoms with Crippen LogP contribution in [0.15, 0.2) is 42.5 Å². The number of anilines is 1. The Morgan fingerprint density at radius 1 is 1.04 bits per heavy atom. The number of fused-ring (bicyclic) bond motifs is 1. The van der Waals surface area contributed by atoms with Crippen molar-refractivity contribution in [1.29, 1.82) is 0 Å². The number of halogens is 1. The van der Waals surface area contributed by atoms with Crippen LogP contribution >= 0.6 is 11.6 Å². The summed E-state index contributed by atoms with van der Waals surface area (Å²) >= 11 is 5.98. The molecule has 2 aromatic carbocycles. The molecule has 2 N–H and O–H groups in total. The van der Waals surface area contributed by atoms with Crippen LogP contribution in [0.2, 0.25) is 5.02 Å². The maximum absolute atomic E-state index is 12.5. The first kappa shape index (κ1) is 17.2. The Morgan fingerprint density at radius 3 is 2.56 bits per heavy atom. The number of hydrogen-bond acceptors (Lipinski definition) is 3. The molecule has 1 heterocycles. The van der Waals surface area contributed by atoms with Crippen LogP contribution in [-0.4, -0.2) is 24.1 Å². The summed E-state index contributed by atoms with van der Waals surface area (Å²) in [4.78, 5) is 15.6. The third-order valence-corrected chi connectivity index (χ3v) is 3.86. The Bertz CT molecular complexity index is 905. The highest BCUT2D eigenvalue weighted by Crippen LogP contribution is 2.31. The van der Waals surface area contributed by atoms with Crippen molar-refractivity contribution in [1.82, 2.24) is 4.98 Å². The minimum atomic E-state index is -0.237. The molecule has 0 aliphatic carbocycles. The van der Waals surface area contributed by atoms with Gasteiger partial charge in [-0.25, -0.2) is 0 Å². The van der Waals surface area contributed by atoms with Crippen LogP contribution in [0.3, 0.4) is 0 Å². The van der Waals surface area contributed by atoms with Crippen molar-refractivity contribution in [3.05, 3.63) is 53.2 Å². The van der Waals surface area contributed by atoms with Gasteiger partial charge < -0.3 is 19.8 Å². The van der Waals surface area contributed by atoms with E-state index in [0.29, 0.717) is 41.1 Å². The first-order valence-electron chi connectivity index (χ1n) is 8.10. The molecule has 6 heteroatoms. The highest BCUT2D eigenvalue weighted by atomic mass is 35.5. The third kappa shape index (κ3) is 3.88. The molecule has 0 aliphatic rings. The number of H-pyrrole nitrogens is 1. The number of benzene rings is 2. The van der Waals surface area contributed by atoms with E-state index in [-0.39, 0.29) is 5.91 Å². The van der Waals surface area contributed by atoms with Gasteiger partial charge in [-0.1, -0.05) is 11.6 Å². The summed E-state index contributed by atoms with van der Waals surface area (Å²) in [5.74, 6) is 1.02. The SMILES string of the molecule is CCOc1ccc(NC(=O)c2cc3cc(Cl)ccc3[nH]2)cc1OCC. The van der Waals surface area contributed by atoms with E-state index in [4.69, 9.17) is 21.1 Å². The number of carbonyl (C=O) groups excluding carboxylic acids is 1. The molecule has 0 atom stereocenters. The average Bonchev–Trinajstić information content (AvgIpc) is 3.01. The van der Waals surface area contributed by atoms with E-state index in [9.17, 15) is 4.79 Å². The minimum absolute atomic E-state index is 0.237. The fraction of sp³-hybridized carbons (Fsp3) is 0.211. The van der Waals surface area contributed by atoms with Crippen LogP contribution in [0.1, 0.15) is 24.3 Å². The van der Waals surface area contributed by atoms with Crippen molar-refractivity contribution in [3.8, 4) is 11.5 Å². The lowest BCUT2D eigenvalue weighted by atomic mass is 10.2. The topological polar surface area (TPSA) is 63.3 Å². The largest absolute Gasteiger partial charge is 0.490 e. The summed E-state index contributed by atoms with van der Waals surface area (Å²) < 4.78 is 11.1. The molecule has 1 aromatic heterocycles. The van der Waals surface area contributed by atoms with Crippen molar-refractivity contribution in [2.24, 2.45) is 0 Å². The molecule has 0 bridgehead atoms. The van der Waals surface area contributed by atoms with Crippen LogP contribution in [0, 0.1) is 0 Å². The molecule has 0 radical (unpaired) electrons. The monoisotopic (exact) mass is 358 g/mol. The lowest BCUT2D eigenvalue weighted by Crippen LogP contribution is -2.12. The molecule has 0 unspecified atom stereocenters. The molecule has 130 valence electrons. The van der Waals surface area contributed by atoms with Crippen molar-refractivity contribution < 1.29 is 14.3 Å². The number of nitrogens with one attached hydrogen (secondary N) is 2. The Morgan fingerprint density at radius 2 is 1.80 bits per heavy atom. The molecule has 0 saturated heterocycles. The van der Waals surface area contributed by atoms with Gasteiger partial charge in [-0.05, 0) is 50.2 Å². The van der Waals surface area contributed by atoms with Crippen molar-refractivity contribution in [2.45, 2.75) is 13.8 Å². The predicted molar refractivity (Wildman–Crippen MR) is 100 cm³/mol. The van der Waals surface area contributed by atoms with E-state index in [1.165, 1.54) is 0 Å². The molecule has 3 rings (SSSR count). The summed E-state index contributed by atoms with van der Waals surface area (Å²) in [5.41, 5.74) is 1.95. The molecular weight excluding hydrogens is 340 g/mol. The van der Waals surface area contributed by atoms with Gasteiger partial charge >= 0.3 is 0 Å². The number of hydrogen-bond donors (Lipinski definition) is 2. The van der Waals surface area contributed by atoms with E-state index in [0.717, 1.165) is 10.9 Å². The van der Waals surface area contributed by atoms with E-state index >= 15 is 0 Å². The Kier molecular flexibility index (Phi) is 5.14. The lowest BCUT2D eigenvalue weighted by molar-refractivity contribution is 0.102. The summed E-state index contributed by atoms with van der Waals surface area (Å²) in [6, 6.07) is 12.5. The van der Waals surface area contributed by atoms with Gasteiger partial charge in [-0.2, -0.15) is 0 Å². The molecule has 0 saturated carbocycles. The van der Waals surface area contributed by atoms with Gasteiger partial charge in [-0.3, -0.25) is 4.79 Å². The quantitative estimate of drug-likeness (QED) is 0.660. The van der Waals surface area contributed by atoms with Crippen molar-refractivity contribution in [2.75, 3.05) is 18.5 Å². The summed E-state index contributed by atoms with van der Waals surface area (Å²) in [6.45, 7) is 4.87. The molecule has 3 aromatic rings.